The number of rotatable bonds is 7. The van der Waals surface area contributed by atoms with Gasteiger partial charge in [0.2, 0.25) is 0 Å². The number of carboxylic acid groups (broad SMARTS) is 1. The minimum atomic E-state index is -0.971. The van der Waals surface area contributed by atoms with Gasteiger partial charge in [0.15, 0.2) is 0 Å². The molecule has 22 heavy (non-hydrogen) atoms. The first kappa shape index (κ1) is 16.4. The van der Waals surface area contributed by atoms with Gasteiger partial charge in [0, 0.05) is 0 Å². The van der Waals surface area contributed by atoms with Crippen LogP contribution in [0.15, 0.2) is 46.9 Å². The largest absolute Gasteiger partial charge is 0.490 e. The fourth-order valence-electron chi connectivity index (χ4n) is 1.91. The Morgan fingerprint density at radius 2 is 1.91 bits per heavy atom. The van der Waals surface area contributed by atoms with E-state index in [9.17, 15) is 4.79 Å². The second-order valence-electron chi connectivity index (χ2n) is 4.65. The van der Waals surface area contributed by atoms with Crippen LogP contribution in [0.25, 0.3) is 0 Å². The number of ether oxygens (including phenoxy) is 2. The molecule has 0 saturated carbocycles. The van der Waals surface area contributed by atoms with Crippen molar-refractivity contribution in [3.63, 3.8) is 0 Å². The van der Waals surface area contributed by atoms with E-state index >= 15 is 0 Å². The molecular weight excluding hydrogens is 348 g/mol. The Balaban J connectivity index is 1.84. The zero-order valence-corrected chi connectivity index (χ0v) is 13.8. The molecule has 5 heteroatoms. The van der Waals surface area contributed by atoms with E-state index in [1.54, 1.807) is 12.1 Å². The molecule has 2 rings (SSSR count). The molecule has 0 aliphatic heterocycles. The minimum Gasteiger partial charge on any atom is -0.490 e. The molecule has 0 aromatic heterocycles. The minimum absolute atomic E-state index is 0.205. The van der Waals surface area contributed by atoms with Crippen LogP contribution in [-0.4, -0.2) is 24.3 Å². The maximum Gasteiger partial charge on any atom is 0.335 e. The van der Waals surface area contributed by atoms with Crippen molar-refractivity contribution in [3.05, 3.63) is 58.1 Å². The van der Waals surface area contributed by atoms with Crippen LogP contribution in [0.2, 0.25) is 0 Å². The Kier molecular flexibility index (Phi) is 5.83. The Morgan fingerprint density at radius 1 is 1.14 bits per heavy atom. The van der Waals surface area contributed by atoms with Gasteiger partial charge in [0.25, 0.3) is 0 Å². The molecule has 0 saturated heterocycles. The molecule has 4 nitrogen and oxygen atoms in total. The number of carbonyl (C=O) groups is 1. The quantitative estimate of drug-likeness (QED) is 0.749. The van der Waals surface area contributed by atoms with Gasteiger partial charge in [-0.25, -0.2) is 4.79 Å². The molecule has 0 radical (unpaired) electrons. The summed E-state index contributed by atoms with van der Waals surface area (Å²) in [6.07, 6.45) is 0.974. The van der Waals surface area contributed by atoms with E-state index in [0.29, 0.717) is 19.0 Å². The maximum absolute atomic E-state index is 10.9. The lowest BCUT2D eigenvalue weighted by atomic mass is 10.2. The van der Waals surface area contributed by atoms with Crippen molar-refractivity contribution >= 4 is 21.9 Å². The van der Waals surface area contributed by atoms with Crippen molar-refractivity contribution in [1.82, 2.24) is 0 Å². The van der Waals surface area contributed by atoms with Crippen LogP contribution in [0.3, 0.4) is 0 Å². The normalized spacial score (nSPS) is 10.3. The van der Waals surface area contributed by atoms with Crippen molar-refractivity contribution in [2.45, 2.75) is 13.3 Å². The maximum atomic E-state index is 10.9. The third-order valence-electron chi connectivity index (χ3n) is 3.10. The van der Waals surface area contributed by atoms with E-state index in [4.69, 9.17) is 14.6 Å². The summed E-state index contributed by atoms with van der Waals surface area (Å²) in [5.74, 6) is 0.311. The van der Waals surface area contributed by atoms with Crippen molar-refractivity contribution in [1.29, 1.82) is 0 Å². The van der Waals surface area contributed by atoms with Gasteiger partial charge >= 0.3 is 5.97 Å². The summed E-state index contributed by atoms with van der Waals surface area (Å²) in [6, 6.07) is 12.4. The molecule has 0 aliphatic rings. The summed E-state index contributed by atoms with van der Waals surface area (Å²) in [5.41, 5.74) is 1.44. The predicted molar refractivity (Wildman–Crippen MR) is 87.9 cm³/mol. The van der Waals surface area contributed by atoms with E-state index in [1.807, 2.05) is 18.2 Å². The lowest BCUT2D eigenvalue weighted by molar-refractivity contribution is 0.0696. The zero-order valence-electron chi connectivity index (χ0n) is 12.2. The molecule has 0 bridgehead atoms. The van der Waals surface area contributed by atoms with Gasteiger partial charge < -0.3 is 14.6 Å². The molecule has 2 aromatic carbocycles. The van der Waals surface area contributed by atoms with Crippen molar-refractivity contribution in [3.8, 4) is 11.5 Å². The number of aryl methyl sites for hydroxylation is 1. The fraction of sp³-hybridized carbons (Fsp3) is 0.235. The number of hydrogen-bond donors (Lipinski definition) is 1. The SMILES string of the molecule is CCc1ccc(OCCOc2cccc(C(=O)O)c2)c(Br)c1. The molecule has 116 valence electrons. The molecule has 1 N–H and O–H groups in total. The highest BCUT2D eigenvalue weighted by Crippen LogP contribution is 2.26. The monoisotopic (exact) mass is 364 g/mol. The third kappa shape index (κ3) is 4.49. The molecule has 0 heterocycles. The van der Waals surface area contributed by atoms with Crippen molar-refractivity contribution < 1.29 is 19.4 Å². The number of carboxylic acids is 1. The van der Waals surface area contributed by atoms with Gasteiger partial charge in [-0.3, -0.25) is 0 Å². The van der Waals surface area contributed by atoms with E-state index in [1.165, 1.54) is 17.7 Å². The highest BCUT2D eigenvalue weighted by atomic mass is 79.9. The highest BCUT2D eigenvalue weighted by molar-refractivity contribution is 9.10. The number of aromatic carboxylic acids is 1. The average molecular weight is 365 g/mol. The Labute approximate surface area is 137 Å². The molecule has 0 aliphatic carbocycles. The fourth-order valence-corrected chi connectivity index (χ4v) is 2.45. The van der Waals surface area contributed by atoms with Crippen LogP contribution >= 0.6 is 15.9 Å². The van der Waals surface area contributed by atoms with Gasteiger partial charge in [0.1, 0.15) is 24.7 Å². The van der Waals surface area contributed by atoms with E-state index in [0.717, 1.165) is 16.6 Å². The van der Waals surface area contributed by atoms with E-state index in [-0.39, 0.29) is 5.56 Å². The third-order valence-corrected chi connectivity index (χ3v) is 3.71. The summed E-state index contributed by atoms with van der Waals surface area (Å²) in [7, 11) is 0. The second-order valence-corrected chi connectivity index (χ2v) is 5.50. The molecule has 0 amide bonds. The lowest BCUT2D eigenvalue weighted by Gasteiger charge is -2.10. The predicted octanol–water partition coefficient (Wildman–Crippen LogP) is 4.17. The van der Waals surface area contributed by atoms with Gasteiger partial charge in [0.05, 0.1) is 10.0 Å². The summed E-state index contributed by atoms with van der Waals surface area (Å²) in [5, 5.41) is 8.92. The molecule has 0 spiro atoms. The number of hydrogen-bond acceptors (Lipinski definition) is 3. The van der Waals surface area contributed by atoms with Crippen molar-refractivity contribution in [2.24, 2.45) is 0 Å². The first-order valence-electron chi connectivity index (χ1n) is 6.97. The summed E-state index contributed by atoms with van der Waals surface area (Å²) in [6.45, 7) is 2.81. The summed E-state index contributed by atoms with van der Waals surface area (Å²) < 4.78 is 12.1. The number of benzene rings is 2. The molecule has 0 unspecified atom stereocenters. The molecule has 0 atom stereocenters. The van der Waals surface area contributed by atoms with Crippen molar-refractivity contribution in [2.75, 3.05) is 13.2 Å². The van der Waals surface area contributed by atoms with Crippen LogP contribution in [0, 0.1) is 0 Å². The highest BCUT2D eigenvalue weighted by Gasteiger charge is 2.05. The van der Waals surface area contributed by atoms with Gasteiger partial charge in [-0.05, 0) is 58.2 Å². The number of halogens is 1. The first-order valence-corrected chi connectivity index (χ1v) is 7.77. The van der Waals surface area contributed by atoms with Crippen LogP contribution in [-0.2, 0) is 6.42 Å². The Morgan fingerprint density at radius 3 is 2.59 bits per heavy atom. The van der Waals surface area contributed by atoms with Crippen LogP contribution < -0.4 is 9.47 Å². The zero-order chi connectivity index (χ0) is 15.9. The van der Waals surface area contributed by atoms with E-state index in [2.05, 4.69) is 22.9 Å². The van der Waals surface area contributed by atoms with Gasteiger partial charge in [-0.1, -0.05) is 19.1 Å². The Bertz CT molecular complexity index is 655. The second kappa shape index (κ2) is 7.84. The van der Waals surface area contributed by atoms with Gasteiger partial charge in [-0.15, -0.1) is 0 Å². The van der Waals surface area contributed by atoms with Crippen LogP contribution in [0.5, 0.6) is 11.5 Å². The Hall–Kier alpha value is -2.01. The average Bonchev–Trinajstić information content (AvgIpc) is 2.53. The van der Waals surface area contributed by atoms with Crippen LogP contribution in [0.1, 0.15) is 22.8 Å². The van der Waals surface area contributed by atoms with Crippen LogP contribution in [0.4, 0.5) is 0 Å². The summed E-state index contributed by atoms with van der Waals surface area (Å²) >= 11 is 3.48. The standard InChI is InChI=1S/C17H17BrO4/c1-2-12-6-7-16(15(18)10-12)22-9-8-21-14-5-3-4-13(11-14)17(19)20/h3-7,10-11H,2,8-9H2,1H3,(H,19,20). The first-order chi connectivity index (χ1) is 10.6. The molecule has 0 fully saturated rings. The molecule has 2 aromatic rings. The van der Waals surface area contributed by atoms with E-state index < -0.39 is 5.97 Å². The summed E-state index contributed by atoms with van der Waals surface area (Å²) in [4.78, 5) is 10.9. The van der Waals surface area contributed by atoms with Gasteiger partial charge in [-0.2, -0.15) is 0 Å². The molecular formula is C17H17BrO4. The lowest BCUT2D eigenvalue weighted by Crippen LogP contribution is -2.09. The smallest absolute Gasteiger partial charge is 0.335 e. The topological polar surface area (TPSA) is 55.8 Å².